The van der Waals surface area contributed by atoms with Gasteiger partial charge in [-0.1, -0.05) is 0 Å². The minimum atomic E-state index is -0.656. The summed E-state index contributed by atoms with van der Waals surface area (Å²) in [5.74, 6) is -1.15. The number of nitrogens with zero attached hydrogens (tertiary/aromatic N) is 2. The van der Waals surface area contributed by atoms with Crippen molar-refractivity contribution in [3.63, 3.8) is 0 Å². The highest BCUT2D eigenvalue weighted by Crippen LogP contribution is 2.15. The van der Waals surface area contributed by atoms with Gasteiger partial charge in [-0.3, -0.25) is 9.89 Å². The molecule has 0 atom stereocenters. The number of carbonyl (C=O) groups excluding carboxylic acids is 1. The fourth-order valence-corrected chi connectivity index (χ4v) is 1.26. The number of hydrogen-bond acceptors (Lipinski definition) is 3. The summed E-state index contributed by atoms with van der Waals surface area (Å²) in [6.07, 6.45) is 1.42. The number of anilines is 1. The van der Waals surface area contributed by atoms with E-state index in [9.17, 15) is 9.18 Å². The molecule has 1 aromatic carbocycles. The van der Waals surface area contributed by atoms with Crippen LogP contribution in [0.4, 0.5) is 10.1 Å². The Hall–Kier alpha value is -2.68. The summed E-state index contributed by atoms with van der Waals surface area (Å²) in [5.41, 5.74) is 0.444. The first-order valence-corrected chi connectivity index (χ1v) is 4.71. The van der Waals surface area contributed by atoms with Crippen molar-refractivity contribution < 1.29 is 9.18 Å². The average Bonchev–Trinajstić information content (AvgIpc) is 2.85. The first kappa shape index (κ1) is 10.8. The van der Waals surface area contributed by atoms with E-state index < -0.39 is 11.7 Å². The van der Waals surface area contributed by atoms with E-state index in [0.29, 0.717) is 0 Å². The van der Waals surface area contributed by atoms with Crippen molar-refractivity contribution in [2.45, 2.75) is 0 Å². The Morgan fingerprint density at radius 2 is 2.29 bits per heavy atom. The van der Waals surface area contributed by atoms with Crippen LogP contribution in [0.15, 0.2) is 30.5 Å². The van der Waals surface area contributed by atoms with Crippen LogP contribution in [0, 0.1) is 17.1 Å². The van der Waals surface area contributed by atoms with Gasteiger partial charge in [-0.25, -0.2) is 4.39 Å². The zero-order valence-electron chi connectivity index (χ0n) is 8.57. The van der Waals surface area contributed by atoms with Crippen molar-refractivity contribution in [3.05, 3.63) is 47.5 Å². The van der Waals surface area contributed by atoms with Crippen LogP contribution in [0.25, 0.3) is 0 Å². The van der Waals surface area contributed by atoms with Gasteiger partial charge in [0.05, 0.1) is 17.3 Å². The van der Waals surface area contributed by atoms with Gasteiger partial charge in [0.15, 0.2) is 0 Å². The second-order valence-electron chi connectivity index (χ2n) is 3.23. The molecule has 0 aliphatic heterocycles. The van der Waals surface area contributed by atoms with E-state index >= 15 is 0 Å². The highest BCUT2D eigenvalue weighted by atomic mass is 19.1. The number of aromatic amines is 1. The topological polar surface area (TPSA) is 81.6 Å². The molecular weight excluding hydrogens is 223 g/mol. The molecule has 2 aromatic rings. The van der Waals surface area contributed by atoms with Crippen molar-refractivity contribution in [1.29, 1.82) is 5.26 Å². The predicted octanol–water partition coefficient (Wildman–Crippen LogP) is 1.67. The Balaban J connectivity index is 2.20. The van der Waals surface area contributed by atoms with Gasteiger partial charge < -0.3 is 5.32 Å². The maximum Gasteiger partial charge on any atom is 0.273 e. The number of halogens is 1. The number of hydrogen-bond donors (Lipinski definition) is 2. The predicted molar refractivity (Wildman–Crippen MR) is 57.7 cm³/mol. The van der Waals surface area contributed by atoms with Crippen molar-refractivity contribution in [3.8, 4) is 6.07 Å². The molecule has 1 amide bonds. The molecular formula is C11H7FN4O. The molecule has 0 saturated carbocycles. The number of carbonyl (C=O) groups is 1. The summed E-state index contributed by atoms with van der Waals surface area (Å²) >= 11 is 0. The summed E-state index contributed by atoms with van der Waals surface area (Å²) in [6.45, 7) is 0. The second-order valence-corrected chi connectivity index (χ2v) is 3.23. The minimum Gasteiger partial charge on any atom is -0.318 e. The highest BCUT2D eigenvalue weighted by Gasteiger charge is 2.10. The number of amides is 1. The molecule has 5 nitrogen and oxygen atoms in total. The van der Waals surface area contributed by atoms with Crippen LogP contribution in [0.2, 0.25) is 0 Å². The van der Waals surface area contributed by atoms with Crippen LogP contribution in [0.5, 0.6) is 0 Å². The maximum atomic E-state index is 13.4. The number of benzene rings is 1. The molecule has 1 heterocycles. The third-order valence-electron chi connectivity index (χ3n) is 2.09. The first-order chi connectivity index (χ1) is 8.20. The van der Waals surface area contributed by atoms with Crippen LogP contribution in [-0.2, 0) is 0 Å². The van der Waals surface area contributed by atoms with Gasteiger partial charge >= 0.3 is 0 Å². The average molecular weight is 230 g/mol. The van der Waals surface area contributed by atoms with E-state index in [1.807, 2.05) is 0 Å². The molecule has 0 unspecified atom stereocenters. The molecule has 6 heteroatoms. The number of nitriles is 1. The highest BCUT2D eigenvalue weighted by molar-refractivity contribution is 6.02. The molecule has 1 aromatic heterocycles. The smallest absolute Gasteiger partial charge is 0.273 e. The zero-order chi connectivity index (χ0) is 12.3. The number of aromatic nitrogens is 2. The summed E-state index contributed by atoms with van der Waals surface area (Å²) in [5, 5.41) is 17.0. The van der Waals surface area contributed by atoms with Gasteiger partial charge in [-0.15, -0.1) is 0 Å². The van der Waals surface area contributed by atoms with Gasteiger partial charge in [-0.05, 0) is 24.3 Å². The van der Waals surface area contributed by atoms with Gasteiger partial charge in [0.1, 0.15) is 11.5 Å². The Morgan fingerprint density at radius 1 is 1.47 bits per heavy atom. The largest absolute Gasteiger partial charge is 0.318 e. The summed E-state index contributed by atoms with van der Waals surface area (Å²) in [6, 6.07) is 7.09. The second kappa shape index (κ2) is 4.45. The molecule has 2 N–H and O–H groups in total. The number of H-pyrrole nitrogens is 1. The number of nitrogens with one attached hydrogen (secondary N) is 2. The lowest BCUT2D eigenvalue weighted by molar-refractivity contribution is 0.102. The van der Waals surface area contributed by atoms with E-state index in [0.717, 1.165) is 6.07 Å². The summed E-state index contributed by atoms with van der Waals surface area (Å²) in [7, 11) is 0. The van der Waals surface area contributed by atoms with Crippen LogP contribution in [0.1, 0.15) is 16.1 Å². The molecule has 0 spiro atoms. The molecule has 0 bridgehead atoms. The van der Waals surface area contributed by atoms with Gasteiger partial charge in [0, 0.05) is 6.20 Å². The molecule has 0 aliphatic carbocycles. The summed E-state index contributed by atoms with van der Waals surface area (Å²) in [4.78, 5) is 11.6. The monoisotopic (exact) mass is 230 g/mol. The van der Waals surface area contributed by atoms with Crippen LogP contribution in [-0.4, -0.2) is 16.1 Å². The third kappa shape index (κ3) is 2.29. The van der Waals surface area contributed by atoms with E-state index in [2.05, 4.69) is 15.5 Å². The SMILES string of the molecule is N#Cc1ccc(NC(=O)c2ccn[nH]2)c(F)c1. The lowest BCUT2D eigenvalue weighted by atomic mass is 10.2. The normalized spacial score (nSPS) is 9.65. The fraction of sp³-hybridized carbons (Fsp3) is 0. The van der Waals surface area contributed by atoms with Gasteiger partial charge in [-0.2, -0.15) is 10.4 Å². The minimum absolute atomic E-state index is 0.0172. The van der Waals surface area contributed by atoms with Crippen molar-refractivity contribution >= 4 is 11.6 Å². The Kier molecular flexibility index (Phi) is 2.83. The van der Waals surface area contributed by atoms with E-state index in [1.54, 1.807) is 6.07 Å². The van der Waals surface area contributed by atoms with Crippen molar-refractivity contribution in [2.75, 3.05) is 5.32 Å². The van der Waals surface area contributed by atoms with E-state index in [4.69, 9.17) is 5.26 Å². The van der Waals surface area contributed by atoms with Crippen LogP contribution in [0.3, 0.4) is 0 Å². The molecule has 84 valence electrons. The van der Waals surface area contributed by atoms with Crippen molar-refractivity contribution in [1.82, 2.24) is 10.2 Å². The van der Waals surface area contributed by atoms with Gasteiger partial charge in [0.2, 0.25) is 0 Å². The Morgan fingerprint density at radius 3 is 2.88 bits per heavy atom. The maximum absolute atomic E-state index is 13.4. The zero-order valence-corrected chi connectivity index (χ0v) is 8.57. The van der Waals surface area contributed by atoms with Crippen LogP contribution < -0.4 is 5.32 Å². The number of rotatable bonds is 2. The van der Waals surface area contributed by atoms with E-state index in [1.165, 1.54) is 24.4 Å². The quantitative estimate of drug-likeness (QED) is 0.823. The summed E-state index contributed by atoms with van der Waals surface area (Å²) < 4.78 is 13.4. The standard InChI is InChI=1S/C11H7FN4O/c12-8-5-7(6-13)1-2-9(8)15-11(17)10-3-4-14-16-10/h1-5H,(H,14,16)(H,15,17). The molecule has 0 aliphatic rings. The van der Waals surface area contributed by atoms with E-state index in [-0.39, 0.29) is 16.9 Å². The molecule has 0 saturated heterocycles. The van der Waals surface area contributed by atoms with Gasteiger partial charge in [0.25, 0.3) is 5.91 Å². The lowest BCUT2D eigenvalue weighted by Crippen LogP contribution is -2.13. The van der Waals surface area contributed by atoms with Crippen LogP contribution >= 0.6 is 0 Å². The Bertz CT molecular complexity index is 586. The molecule has 0 fully saturated rings. The fourth-order valence-electron chi connectivity index (χ4n) is 1.26. The Labute approximate surface area is 95.9 Å². The first-order valence-electron chi connectivity index (χ1n) is 4.71. The molecule has 0 radical (unpaired) electrons. The van der Waals surface area contributed by atoms with Crippen molar-refractivity contribution in [2.24, 2.45) is 0 Å². The third-order valence-corrected chi connectivity index (χ3v) is 2.09. The lowest BCUT2D eigenvalue weighted by Gasteiger charge is -2.04. The molecule has 17 heavy (non-hydrogen) atoms. The molecule has 2 rings (SSSR count).